The number of thiazole rings is 1. The number of aryl methyl sites for hydroxylation is 1. The summed E-state index contributed by atoms with van der Waals surface area (Å²) in [6.07, 6.45) is 0.504. The lowest BCUT2D eigenvalue weighted by Crippen LogP contribution is -2.11. The SMILES string of the molecule is Cc1nc(Cc2nnc(SCc3nc4ccc(Cl)cc4c(=O)[nH]3)o2)cs1. The molecule has 4 aromatic rings. The molecule has 1 N–H and O–H groups in total. The van der Waals surface area contributed by atoms with Gasteiger partial charge in [-0.3, -0.25) is 4.79 Å². The average Bonchev–Trinajstić information content (AvgIpc) is 3.23. The van der Waals surface area contributed by atoms with Gasteiger partial charge in [-0.1, -0.05) is 23.4 Å². The molecule has 0 unspecified atom stereocenters. The molecule has 0 saturated heterocycles. The molecule has 0 radical (unpaired) electrons. The van der Waals surface area contributed by atoms with E-state index in [-0.39, 0.29) is 5.56 Å². The standard InChI is InChI=1S/C16H12ClN5O2S2/c1-8-18-10(6-25-8)5-14-21-22-16(24-14)26-7-13-19-12-3-2-9(17)4-11(12)15(23)20-13/h2-4,6H,5,7H2,1H3,(H,19,20,23). The number of benzene rings is 1. The van der Waals surface area contributed by atoms with Crippen LogP contribution in [0.5, 0.6) is 0 Å². The third-order valence-electron chi connectivity index (χ3n) is 3.50. The Morgan fingerprint density at radius 1 is 1.31 bits per heavy atom. The summed E-state index contributed by atoms with van der Waals surface area (Å²) in [7, 11) is 0. The van der Waals surface area contributed by atoms with Crippen molar-refractivity contribution in [3.05, 3.63) is 61.4 Å². The second-order valence-corrected chi connectivity index (χ2v) is 7.88. The summed E-state index contributed by atoms with van der Waals surface area (Å²) in [4.78, 5) is 23.7. The van der Waals surface area contributed by atoms with Crippen LogP contribution in [-0.2, 0) is 12.2 Å². The summed E-state index contributed by atoms with van der Waals surface area (Å²) in [5.41, 5.74) is 1.28. The summed E-state index contributed by atoms with van der Waals surface area (Å²) < 4.78 is 5.62. The summed E-state index contributed by atoms with van der Waals surface area (Å²) in [5.74, 6) is 1.45. The zero-order chi connectivity index (χ0) is 18.1. The number of halogens is 1. The van der Waals surface area contributed by atoms with E-state index in [0.29, 0.717) is 45.0 Å². The van der Waals surface area contributed by atoms with Crippen molar-refractivity contribution >= 4 is 45.6 Å². The monoisotopic (exact) mass is 405 g/mol. The fraction of sp³-hybridized carbons (Fsp3) is 0.188. The topological polar surface area (TPSA) is 97.6 Å². The van der Waals surface area contributed by atoms with Crippen LogP contribution in [0.2, 0.25) is 5.02 Å². The Bertz CT molecular complexity index is 1140. The number of H-pyrrole nitrogens is 1. The van der Waals surface area contributed by atoms with Gasteiger partial charge in [0.15, 0.2) is 0 Å². The van der Waals surface area contributed by atoms with Gasteiger partial charge >= 0.3 is 0 Å². The minimum absolute atomic E-state index is 0.224. The minimum atomic E-state index is -0.224. The van der Waals surface area contributed by atoms with Crippen LogP contribution in [-0.4, -0.2) is 25.1 Å². The Morgan fingerprint density at radius 3 is 3.00 bits per heavy atom. The van der Waals surface area contributed by atoms with E-state index in [2.05, 4.69) is 25.1 Å². The van der Waals surface area contributed by atoms with Crippen molar-refractivity contribution in [3.63, 3.8) is 0 Å². The first-order valence-corrected chi connectivity index (χ1v) is 9.86. The number of aromatic amines is 1. The molecular formula is C16H12ClN5O2S2. The maximum Gasteiger partial charge on any atom is 0.277 e. The second kappa shape index (κ2) is 7.18. The molecule has 0 atom stereocenters. The van der Waals surface area contributed by atoms with Gasteiger partial charge in [0, 0.05) is 10.4 Å². The molecule has 4 rings (SSSR count). The van der Waals surface area contributed by atoms with E-state index < -0.39 is 0 Å². The molecule has 0 bridgehead atoms. The van der Waals surface area contributed by atoms with Gasteiger partial charge in [-0.2, -0.15) is 0 Å². The maximum atomic E-state index is 12.2. The highest BCUT2D eigenvalue weighted by Crippen LogP contribution is 2.22. The zero-order valence-corrected chi connectivity index (χ0v) is 15.9. The molecule has 26 heavy (non-hydrogen) atoms. The van der Waals surface area contributed by atoms with Gasteiger partial charge in [0.05, 0.1) is 33.8 Å². The molecule has 0 aliphatic rings. The molecular weight excluding hydrogens is 394 g/mol. The number of thioether (sulfide) groups is 1. The Morgan fingerprint density at radius 2 is 2.19 bits per heavy atom. The van der Waals surface area contributed by atoms with Crippen molar-refractivity contribution < 1.29 is 4.42 Å². The molecule has 7 nitrogen and oxygen atoms in total. The van der Waals surface area contributed by atoms with E-state index in [4.69, 9.17) is 16.0 Å². The number of rotatable bonds is 5. The largest absolute Gasteiger partial charge is 0.416 e. The average molecular weight is 406 g/mol. The minimum Gasteiger partial charge on any atom is -0.416 e. The highest BCUT2D eigenvalue weighted by atomic mass is 35.5. The lowest BCUT2D eigenvalue weighted by atomic mass is 10.2. The van der Waals surface area contributed by atoms with Crippen molar-refractivity contribution in [1.82, 2.24) is 25.1 Å². The molecule has 0 saturated carbocycles. The first kappa shape index (κ1) is 17.2. The van der Waals surface area contributed by atoms with E-state index in [1.807, 2.05) is 12.3 Å². The third kappa shape index (κ3) is 3.79. The van der Waals surface area contributed by atoms with Crippen molar-refractivity contribution in [2.75, 3.05) is 0 Å². The number of hydrogen-bond acceptors (Lipinski definition) is 8. The third-order valence-corrected chi connectivity index (χ3v) is 5.38. The molecule has 0 amide bonds. The molecule has 0 aliphatic heterocycles. The van der Waals surface area contributed by atoms with Crippen molar-refractivity contribution in [2.24, 2.45) is 0 Å². The number of nitrogens with one attached hydrogen (secondary N) is 1. The lowest BCUT2D eigenvalue weighted by Gasteiger charge is -2.01. The number of nitrogens with zero attached hydrogens (tertiary/aromatic N) is 4. The smallest absolute Gasteiger partial charge is 0.277 e. The highest BCUT2D eigenvalue weighted by molar-refractivity contribution is 7.98. The molecule has 10 heteroatoms. The predicted molar refractivity (Wildman–Crippen MR) is 101 cm³/mol. The van der Waals surface area contributed by atoms with E-state index in [9.17, 15) is 4.79 Å². The van der Waals surface area contributed by atoms with Crippen LogP contribution >= 0.6 is 34.7 Å². The van der Waals surface area contributed by atoms with Gasteiger partial charge < -0.3 is 9.40 Å². The van der Waals surface area contributed by atoms with Crippen LogP contribution in [0, 0.1) is 6.92 Å². The summed E-state index contributed by atoms with van der Waals surface area (Å²) >= 11 is 8.82. The normalized spacial score (nSPS) is 11.3. The van der Waals surface area contributed by atoms with Gasteiger partial charge in [0.1, 0.15) is 5.82 Å². The Labute approximate surface area is 160 Å². The first-order chi connectivity index (χ1) is 12.6. The van der Waals surface area contributed by atoms with E-state index >= 15 is 0 Å². The van der Waals surface area contributed by atoms with Crippen LogP contribution in [0.4, 0.5) is 0 Å². The quantitative estimate of drug-likeness (QED) is 0.506. The van der Waals surface area contributed by atoms with Crippen molar-refractivity contribution in [2.45, 2.75) is 24.3 Å². The van der Waals surface area contributed by atoms with E-state index in [1.165, 1.54) is 11.8 Å². The van der Waals surface area contributed by atoms with Gasteiger partial charge in [-0.15, -0.1) is 21.5 Å². The molecule has 132 valence electrons. The van der Waals surface area contributed by atoms with Gasteiger partial charge in [0.2, 0.25) is 5.89 Å². The fourth-order valence-electron chi connectivity index (χ4n) is 2.37. The summed E-state index contributed by atoms with van der Waals surface area (Å²) in [5, 5.41) is 12.4. The zero-order valence-electron chi connectivity index (χ0n) is 13.5. The Hall–Kier alpha value is -2.23. The van der Waals surface area contributed by atoms with Crippen LogP contribution in [0.1, 0.15) is 22.4 Å². The molecule has 3 heterocycles. The van der Waals surface area contributed by atoms with Crippen LogP contribution in [0.15, 0.2) is 38.0 Å². The maximum absolute atomic E-state index is 12.2. The first-order valence-electron chi connectivity index (χ1n) is 7.61. The van der Waals surface area contributed by atoms with Gasteiger partial charge in [-0.25, -0.2) is 9.97 Å². The molecule has 0 fully saturated rings. The van der Waals surface area contributed by atoms with Crippen LogP contribution < -0.4 is 5.56 Å². The van der Waals surface area contributed by atoms with Gasteiger partial charge in [0.25, 0.3) is 10.8 Å². The summed E-state index contributed by atoms with van der Waals surface area (Å²) in [6.45, 7) is 1.95. The predicted octanol–water partition coefficient (Wildman–Crippen LogP) is 3.61. The molecule has 0 aliphatic carbocycles. The molecule has 0 spiro atoms. The van der Waals surface area contributed by atoms with Crippen LogP contribution in [0.25, 0.3) is 10.9 Å². The van der Waals surface area contributed by atoms with E-state index in [0.717, 1.165) is 10.7 Å². The fourth-order valence-corrected chi connectivity index (χ4v) is 3.81. The Kier molecular flexibility index (Phi) is 4.75. The van der Waals surface area contributed by atoms with Gasteiger partial charge in [-0.05, 0) is 25.1 Å². The number of hydrogen-bond donors (Lipinski definition) is 1. The second-order valence-electron chi connectivity index (χ2n) is 5.46. The molecule has 1 aromatic carbocycles. The number of aromatic nitrogens is 5. The van der Waals surface area contributed by atoms with Crippen molar-refractivity contribution in [1.29, 1.82) is 0 Å². The van der Waals surface area contributed by atoms with E-state index in [1.54, 1.807) is 29.5 Å². The molecule has 3 aromatic heterocycles. The Balaban J connectivity index is 1.46. The van der Waals surface area contributed by atoms with Crippen molar-refractivity contribution in [3.8, 4) is 0 Å². The van der Waals surface area contributed by atoms with Crippen LogP contribution in [0.3, 0.4) is 0 Å². The summed E-state index contributed by atoms with van der Waals surface area (Å²) in [6, 6.07) is 5.03. The number of fused-ring (bicyclic) bond motifs is 1. The highest BCUT2D eigenvalue weighted by Gasteiger charge is 2.11. The lowest BCUT2D eigenvalue weighted by molar-refractivity contribution is 0.419.